The molecule has 0 radical (unpaired) electrons. The molecule has 0 heterocycles. The largest absolute Gasteiger partial charge is 0.494 e. The van der Waals surface area contributed by atoms with Gasteiger partial charge in [-0.05, 0) is 31.5 Å². The van der Waals surface area contributed by atoms with Crippen molar-refractivity contribution in [1.29, 1.82) is 0 Å². The van der Waals surface area contributed by atoms with Crippen LogP contribution in [-0.2, 0) is 0 Å². The Labute approximate surface area is 108 Å². The van der Waals surface area contributed by atoms with E-state index in [4.69, 9.17) is 4.74 Å². The van der Waals surface area contributed by atoms with Crippen LogP contribution in [0.25, 0.3) is 0 Å². The Morgan fingerprint density at radius 3 is 2.67 bits per heavy atom. The number of halogens is 2. The molecular formula is C12H16Br2O. The number of benzene rings is 1. The standard InChI is InChI=1S/C12H16Br2O/c1-3-5-11(14)10-8-9(13)6-7-12(10)15-4-2/h6-8,11H,3-5H2,1-2H3. The molecule has 0 amide bonds. The summed E-state index contributed by atoms with van der Waals surface area (Å²) in [6.07, 6.45) is 2.28. The first-order chi connectivity index (χ1) is 7.19. The third kappa shape index (κ3) is 3.80. The van der Waals surface area contributed by atoms with E-state index in [1.165, 1.54) is 5.56 Å². The summed E-state index contributed by atoms with van der Waals surface area (Å²) in [6, 6.07) is 6.16. The summed E-state index contributed by atoms with van der Waals surface area (Å²) < 4.78 is 6.71. The molecule has 1 aromatic rings. The molecule has 1 atom stereocenters. The predicted octanol–water partition coefficient (Wildman–Crippen LogP) is 5.08. The molecule has 84 valence electrons. The van der Waals surface area contributed by atoms with Crippen molar-refractivity contribution in [3.8, 4) is 5.75 Å². The van der Waals surface area contributed by atoms with Crippen molar-refractivity contribution < 1.29 is 4.74 Å². The molecule has 1 nitrogen and oxygen atoms in total. The van der Waals surface area contributed by atoms with E-state index in [2.05, 4.69) is 44.8 Å². The van der Waals surface area contributed by atoms with Gasteiger partial charge in [-0.3, -0.25) is 0 Å². The number of ether oxygens (including phenoxy) is 1. The van der Waals surface area contributed by atoms with Gasteiger partial charge in [-0.1, -0.05) is 45.2 Å². The first-order valence-electron chi connectivity index (χ1n) is 5.25. The minimum absolute atomic E-state index is 0.376. The lowest BCUT2D eigenvalue weighted by Crippen LogP contribution is -1.98. The van der Waals surface area contributed by atoms with Crippen LogP contribution in [0.15, 0.2) is 22.7 Å². The Bertz CT molecular complexity index is 312. The molecule has 1 aromatic carbocycles. The van der Waals surface area contributed by atoms with Crippen molar-refractivity contribution in [3.63, 3.8) is 0 Å². The van der Waals surface area contributed by atoms with Gasteiger partial charge < -0.3 is 4.74 Å². The first-order valence-corrected chi connectivity index (χ1v) is 6.96. The fourth-order valence-corrected chi connectivity index (χ4v) is 2.65. The molecule has 0 saturated heterocycles. The summed E-state index contributed by atoms with van der Waals surface area (Å²) in [5, 5.41) is 0. The molecule has 0 saturated carbocycles. The Kier molecular flexibility index (Phi) is 5.69. The van der Waals surface area contributed by atoms with Gasteiger partial charge in [0, 0.05) is 14.9 Å². The van der Waals surface area contributed by atoms with Gasteiger partial charge in [-0.2, -0.15) is 0 Å². The normalized spacial score (nSPS) is 12.5. The van der Waals surface area contributed by atoms with Gasteiger partial charge in [0.25, 0.3) is 0 Å². The molecule has 1 rings (SSSR count). The molecule has 0 bridgehead atoms. The molecule has 0 N–H and O–H groups in total. The lowest BCUT2D eigenvalue weighted by Gasteiger charge is -2.15. The van der Waals surface area contributed by atoms with E-state index in [-0.39, 0.29) is 0 Å². The van der Waals surface area contributed by atoms with Crippen LogP contribution < -0.4 is 4.74 Å². The van der Waals surface area contributed by atoms with E-state index in [1.54, 1.807) is 0 Å². The highest BCUT2D eigenvalue weighted by Crippen LogP contribution is 2.36. The number of hydrogen-bond acceptors (Lipinski definition) is 1. The molecular weight excluding hydrogens is 320 g/mol. The van der Waals surface area contributed by atoms with Crippen LogP contribution in [0.5, 0.6) is 5.75 Å². The second-order valence-corrected chi connectivity index (χ2v) is 5.39. The highest BCUT2D eigenvalue weighted by atomic mass is 79.9. The van der Waals surface area contributed by atoms with Gasteiger partial charge in [-0.15, -0.1) is 0 Å². The van der Waals surface area contributed by atoms with Crippen molar-refractivity contribution >= 4 is 31.9 Å². The SMILES string of the molecule is CCCC(Br)c1cc(Br)ccc1OCC. The van der Waals surface area contributed by atoms with Gasteiger partial charge in [0.15, 0.2) is 0 Å². The van der Waals surface area contributed by atoms with Gasteiger partial charge in [0.2, 0.25) is 0 Å². The summed E-state index contributed by atoms with van der Waals surface area (Å²) in [4.78, 5) is 0.376. The van der Waals surface area contributed by atoms with E-state index >= 15 is 0 Å². The summed E-state index contributed by atoms with van der Waals surface area (Å²) in [6.45, 7) is 4.90. The first kappa shape index (κ1) is 13.0. The Hall–Kier alpha value is -0.0200. The van der Waals surface area contributed by atoms with Crippen molar-refractivity contribution in [2.75, 3.05) is 6.61 Å². The molecule has 0 aliphatic heterocycles. The summed E-state index contributed by atoms with van der Waals surface area (Å²) in [7, 11) is 0. The highest BCUT2D eigenvalue weighted by Gasteiger charge is 2.12. The third-order valence-electron chi connectivity index (χ3n) is 2.15. The lowest BCUT2D eigenvalue weighted by molar-refractivity contribution is 0.336. The Morgan fingerprint density at radius 1 is 1.33 bits per heavy atom. The van der Waals surface area contributed by atoms with Crippen LogP contribution in [-0.4, -0.2) is 6.61 Å². The molecule has 1 unspecified atom stereocenters. The van der Waals surface area contributed by atoms with E-state index in [9.17, 15) is 0 Å². The molecule has 15 heavy (non-hydrogen) atoms. The van der Waals surface area contributed by atoms with Crippen LogP contribution in [0.4, 0.5) is 0 Å². The molecule has 0 aromatic heterocycles. The molecule has 0 spiro atoms. The maximum absolute atomic E-state index is 5.61. The average Bonchev–Trinajstić information content (AvgIpc) is 2.21. The Balaban J connectivity index is 2.95. The van der Waals surface area contributed by atoms with E-state index < -0.39 is 0 Å². The van der Waals surface area contributed by atoms with E-state index in [0.717, 1.165) is 23.1 Å². The zero-order valence-electron chi connectivity index (χ0n) is 9.09. The summed E-state index contributed by atoms with van der Waals surface area (Å²) in [5.74, 6) is 0.982. The third-order valence-corrected chi connectivity index (χ3v) is 3.60. The van der Waals surface area contributed by atoms with E-state index in [0.29, 0.717) is 11.4 Å². The monoisotopic (exact) mass is 334 g/mol. The number of rotatable bonds is 5. The Morgan fingerprint density at radius 2 is 2.07 bits per heavy atom. The van der Waals surface area contributed by atoms with Gasteiger partial charge in [0.05, 0.1) is 6.61 Å². The zero-order chi connectivity index (χ0) is 11.3. The second-order valence-electron chi connectivity index (χ2n) is 3.37. The van der Waals surface area contributed by atoms with Crippen molar-refractivity contribution in [2.45, 2.75) is 31.5 Å². The number of alkyl halides is 1. The summed E-state index contributed by atoms with van der Waals surface area (Å²) in [5.41, 5.74) is 1.23. The zero-order valence-corrected chi connectivity index (χ0v) is 12.3. The highest BCUT2D eigenvalue weighted by molar-refractivity contribution is 9.10. The van der Waals surface area contributed by atoms with Crippen molar-refractivity contribution in [3.05, 3.63) is 28.2 Å². The van der Waals surface area contributed by atoms with E-state index in [1.807, 2.05) is 19.1 Å². The topological polar surface area (TPSA) is 9.23 Å². The van der Waals surface area contributed by atoms with Crippen molar-refractivity contribution in [2.24, 2.45) is 0 Å². The summed E-state index contributed by atoms with van der Waals surface area (Å²) >= 11 is 7.19. The maximum Gasteiger partial charge on any atom is 0.123 e. The smallest absolute Gasteiger partial charge is 0.123 e. The minimum Gasteiger partial charge on any atom is -0.494 e. The minimum atomic E-state index is 0.376. The van der Waals surface area contributed by atoms with Crippen LogP contribution in [0.1, 0.15) is 37.1 Å². The quantitative estimate of drug-likeness (QED) is 0.681. The van der Waals surface area contributed by atoms with Crippen LogP contribution in [0.3, 0.4) is 0 Å². The molecule has 3 heteroatoms. The van der Waals surface area contributed by atoms with Gasteiger partial charge in [0.1, 0.15) is 5.75 Å². The fourth-order valence-electron chi connectivity index (χ4n) is 1.46. The maximum atomic E-state index is 5.61. The predicted molar refractivity (Wildman–Crippen MR) is 71.9 cm³/mol. The molecule has 0 aliphatic rings. The van der Waals surface area contributed by atoms with Crippen LogP contribution >= 0.6 is 31.9 Å². The van der Waals surface area contributed by atoms with Gasteiger partial charge >= 0.3 is 0 Å². The molecule has 0 aliphatic carbocycles. The average molecular weight is 336 g/mol. The van der Waals surface area contributed by atoms with Crippen LogP contribution in [0.2, 0.25) is 0 Å². The van der Waals surface area contributed by atoms with Crippen LogP contribution in [0, 0.1) is 0 Å². The molecule has 0 fully saturated rings. The fraction of sp³-hybridized carbons (Fsp3) is 0.500. The second kappa shape index (κ2) is 6.54. The number of hydrogen-bond donors (Lipinski definition) is 0. The van der Waals surface area contributed by atoms with Gasteiger partial charge in [-0.25, -0.2) is 0 Å². The van der Waals surface area contributed by atoms with Crippen molar-refractivity contribution in [1.82, 2.24) is 0 Å². The lowest BCUT2D eigenvalue weighted by atomic mass is 10.1.